The zero-order valence-corrected chi connectivity index (χ0v) is 32.3. The van der Waals surface area contributed by atoms with E-state index in [1.165, 1.54) is 10.9 Å². The molecule has 0 N–H and O–H groups in total. The number of pyridine rings is 2. The van der Waals surface area contributed by atoms with Gasteiger partial charge in [-0.2, -0.15) is 11.3 Å². The second-order valence-electron chi connectivity index (χ2n) is 15.0. The van der Waals surface area contributed by atoms with Crippen LogP contribution in [0.2, 0.25) is 0 Å². The molecule has 4 heterocycles. The smallest absolute Gasteiger partial charge is 0.122 e. The van der Waals surface area contributed by atoms with Crippen LogP contribution in [0.4, 0.5) is 0 Å². The Hall–Kier alpha value is -3.37. The molecule has 0 aliphatic carbocycles. The monoisotopic (exact) mass is 837 g/mol. The van der Waals surface area contributed by atoms with Crippen LogP contribution in [0.25, 0.3) is 53.9 Å². The summed E-state index contributed by atoms with van der Waals surface area (Å²) in [6.45, 7) is 16.7. The molecule has 0 unspecified atom stereocenters. The van der Waals surface area contributed by atoms with Crippen LogP contribution in [0.5, 0.6) is 0 Å². The predicted octanol–water partition coefficient (Wildman–Crippen LogP) is 12.4. The van der Waals surface area contributed by atoms with Gasteiger partial charge in [0.15, 0.2) is 0 Å². The molecule has 3 nitrogen and oxygen atoms in total. The first-order chi connectivity index (χ1) is 24.5. The van der Waals surface area contributed by atoms with Gasteiger partial charge in [-0.1, -0.05) is 86.1 Å². The third-order valence-corrected chi connectivity index (χ3v) is 8.33. The van der Waals surface area contributed by atoms with Crippen molar-refractivity contribution in [3.8, 4) is 22.5 Å². The third kappa shape index (κ3) is 8.43. The number of thiophene rings is 1. The molecule has 0 spiro atoms. The van der Waals surface area contributed by atoms with Crippen molar-refractivity contribution in [3.05, 3.63) is 108 Å². The Bertz CT molecular complexity index is 2400. The molecule has 1 radical (unpaired) electrons. The molecule has 0 atom stereocenters. The quantitative estimate of drug-likeness (QED) is 0.162. The summed E-state index contributed by atoms with van der Waals surface area (Å²) in [5.41, 5.74) is 4.13. The molecule has 7 rings (SSSR count). The fourth-order valence-corrected chi connectivity index (χ4v) is 6.76. The average Bonchev–Trinajstić information content (AvgIpc) is 3.68. The number of nitrogens with zero attached hydrogens (tertiary/aromatic N) is 2. The fraction of sp³-hybridized carbons (Fsp3) is 0.349. The second kappa shape index (κ2) is 13.9. The number of benzene rings is 3. The van der Waals surface area contributed by atoms with Crippen LogP contribution in [0, 0.1) is 28.4 Å². The summed E-state index contributed by atoms with van der Waals surface area (Å²) in [5.74, 6) is 0. The zero-order valence-electron chi connectivity index (χ0n) is 35.0. The maximum atomic E-state index is 8.77. The summed E-state index contributed by atoms with van der Waals surface area (Å²) in [5, 5.41) is 2.27. The van der Waals surface area contributed by atoms with Crippen molar-refractivity contribution in [3.63, 3.8) is 0 Å². The van der Waals surface area contributed by atoms with Crippen LogP contribution in [0.15, 0.2) is 83.5 Å². The van der Waals surface area contributed by atoms with Gasteiger partial charge in [0, 0.05) is 50.8 Å². The summed E-state index contributed by atoms with van der Waals surface area (Å²) in [6, 6.07) is 27.1. The Kier molecular flexibility index (Phi) is 8.22. The minimum Gasteiger partial charge on any atom is -0.500 e. The van der Waals surface area contributed by atoms with Crippen molar-refractivity contribution in [1.82, 2.24) is 9.97 Å². The van der Waals surface area contributed by atoms with Crippen molar-refractivity contribution in [2.24, 2.45) is 16.2 Å². The van der Waals surface area contributed by atoms with Crippen LogP contribution in [0.1, 0.15) is 87.2 Å². The molecule has 48 heavy (non-hydrogen) atoms. The SMILES string of the molecule is [2H]C([2H])(c1ccnc(-c2[c-]cc3oc4cccc5sc2c3c45)c1)C(C)(C)C.[2H]C([2H])(c1cnc(-c2[c-]cccc2)cc1C([2H])([2H])C(C)(C)C)C(C)(C)C.[Ir]. The van der Waals surface area contributed by atoms with Gasteiger partial charge in [-0.3, -0.25) is 0 Å². The van der Waals surface area contributed by atoms with E-state index in [1.54, 1.807) is 35.7 Å². The number of rotatable bonds is 5. The Balaban J connectivity index is 0.000000204. The summed E-state index contributed by atoms with van der Waals surface area (Å²) in [7, 11) is 0. The molecule has 0 aliphatic heterocycles. The summed E-state index contributed by atoms with van der Waals surface area (Å²) in [4.78, 5) is 8.99. The maximum absolute atomic E-state index is 8.77. The van der Waals surface area contributed by atoms with Crippen molar-refractivity contribution < 1.29 is 32.7 Å². The number of hydrogen-bond acceptors (Lipinski definition) is 4. The molecule has 251 valence electrons. The molecular formula is C43H46IrN2OS-2. The Morgan fingerprint density at radius 2 is 1.46 bits per heavy atom. The van der Waals surface area contributed by atoms with Crippen molar-refractivity contribution in [2.75, 3.05) is 0 Å². The van der Waals surface area contributed by atoms with E-state index in [-0.39, 0.29) is 20.1 Å². The van der Waals surface area contributed by atoms with Gasteiger partial charge >= 0.3 is 0 Å². The normalized spacial score (nSPS) is 15.1. The van der Waals surface area contributed by atoms with Gasteiger partial charge in [-0.25, -0.2) is 0 Å². The molecule has 7 aromatic rings. The average molecular weight is 837 g/mol. The Morgan fingerprint density at radius 3 is 2.15 bits per heavy atom. The maximum Gasteiger partial charge on any atom is 0.122 e. The van der Waals surface area contributed by atoms with Crippen molar-refractivity contribution in [2.45, 2.75) is 81.4 Å². The molecule has 0 saturated heterocycles. The molecule has 0 aliphatic rings. The van der Waals surface area contributed by atoms with Crippen LogP contribution in [-0.4, -0.2) is 9.97 Å². The standard InChI is InChI=1S/C22H18NOS.C21H28N.Ir/c1-22(2,3)12-13-9-10-23-15(11-13)14-7-8-17-20-19-16(24-17)5-4-6-18(19)25-21(14)20;1-20(2,3)13-17-12-19(16-10-8-7-9-11-16)22-15-18(17)14-21(4,5)6;/h4-6,8-11H,12H2,1-3H3;7-10,12,15H,13-14H2,1-6H3;/q2*-1;/i12D2;13D2,14D2;. The van der Waals surface area contributed by atoms with E-state index in [2.05, 4.69) is 28.2 Å². The van der Waals surface area contributed by atoms with Gasteiger partial charge in [0.25, 0.3) is 0 Å². The van der Waals surface area contributed by atoms with Crippen LogP contribution >= 0.6 is 11.3 Å². The molecule has 4 aromatic heterocycles. The molecule has 0 saturated carbocycles. The van der Waals surface area contributed by atoms with E-state index in [4.69, 9.17) is 12.6 Å². The van der Waals surface area contributed by atoms with Gasteiger partial charge in [0.05, 0.1) is 5.58 Å². The van der Waals surface area contributed by atoms with E-state index in [9.17, 15) is 0 Å². The largest absolute Gasteiger partial charge is 0.500 e. The van der Waals surface area contributed by atoms with Crippen molar-refractivity contribution >= 4 is 42.7 Å². The first-order valence-electron chi connectivity index (χ1n) is 19.0. The topological polar surface area (TPSA) is 38.9 Å². The number of hydrogen-bond donors (Lipinski definition) is 0. The minimum absolute atomic E-state index is 0. The number of aromatic nitrogens is 2. The van der Waals surface area contributed by atoms with E-state index in [0.717, 1.165) is 43.5 Å². The van der Waals surface area contributed by atoms with E-state index in [1.807, 2.05) is 105 Å². The summed E-state index contributed by atoms with van der Waals surface area (Å²) in [6.07, 6.45) is -1.73. The molecular weight excluding hydrogens is 785 g/mol. The molecule has 0 fully saturated rings. The third-order valence-electron chi connectivity index (χ3n) is 7.16. The van der Waals surface area contributed by atoms with Gasteiger partial charge in [-0.05, 0) is 86.2 Å². The molecule has 3 aromatic carbocycles. The Labute approximate surface area is 312 Å². The summed E-state index contributed by atoms with van der Waals surface area (Å²) >= 11 is 1.71. The summed E-state index contributed by atoms with van der Waals surface area (Å²) < 4.78 is 60.3. The van der Waals surface area contributed by atoms with Crippen LogP contribution in [-0.2, 0) is 39.2 Å². The van der Waals surface area contributed by atoms with Crippen molar-refractivity contribution in [1.29, 1.82) is 0 Å². The van der Waals surface area contributed by atoms with Gasteiger partial charge < -0.3 is 14.4 Å². The van der Waals surface area contributed by atoms with Gasteiger partial charge in [0.1, 0.15) is 5.58 Å². The van der Waals surface area contributed by atoms with Crippen LogP contribution in [0.3, 0.4) is 0 Å². The van der Waals surface area contributed by atoms with Gasteiger partial charge in [-0.15, -0.1) is 53.6 Å². The number of furan rings is 1. The molecule has 0 bridgehead atoms. The predicted molar refractivity (Wildman–Crippen MR) is 200 cm³/mol. The van der Waals surface area contributed by atoms with Crippen LogP contribution < -0.4 is 0 Å². The minimum atomic E-state index is -1.73. The van der Waals surface area contributed by atoms with E-state index < -0.39 is 35.4 Å². The van der Waals surface area contributed by atoms with E-state index >= 15 is 0 Å². The molecule has 0 amide bonds. The first kappa shape index (κ1) is 28.5. The zero-order chi connectivity index (χ0) is 38.9. The fourth-order valence-electron chi connectivity index (χ4n) is 5.52. The Morgan fingerprint density at radius 1 is 0.729 bits per heavy atom. The van der Waals surface area contributed by atoms with E-state index in [0.29, 0.717) is 22.4 Å². The molecule has 5 heteroatoms. The first-order valence-corrected chi connectivity index (χ1v) is 16.8. The second-order valence-corrected chi connectivity index (χ2v) is 16.1. The van der Waals surface area contributed by atoms with Gasteiger partial charge in [0.2, 0.25) is 0 Å².